The van der Waals surface area contributed by atoms with Gasteiger partial charge in [-0.05, 0) is 42.7 Å². The summed E-state index contributed by atoms with van der Waals surface area (Å²) in [5.74, 6) is 0.250. The average Bonchev–Trinajstić information content (AvgIpc) is 2.81. The van der Waals surface area contributed by atoms with Crippen LogP contribution in [0.4, 0.5) is 0 Å². The third-order valence-corrected chi connectivity index (χ3v) is 4.53. The van der Waals surface area contributed by atoms with Gasteiger partial charge in [0.1, 0.15) is 0 Å². The molecule has 0 bridgehead atoms. The molecule has 2 aliphatic rings. The standard InChI is InChI=1S/C12H16N2OS/c13-9-6-10(9)14-12(15)8-2-1-3-11-7(8)4-5-16-11/h4-5,8-10H,1-3,6,13H2,(H,14,15). The van der Waals surface area contributed by atoms with Crippen molar-refractivity contribution in [2.24, 2.45) is 5.73 Å². The van der Waals surface area contributed by atoms with Gasteiger partial charge in [0.05, 0.1) is 5.92 Å². The second kappa shape index (κ2) is 3.86. The highest BCUT2D eigenvalue weighted by Crippen LogP contribution is 2.35. The van der Waals surface area contributed by atoms with Crippen LogP contribution in [0.3, 0.4) is 0 Å². The van der Waals surface area contributed by atoms with Crippen molar-refractivity contribution in [1.82, 2.24) is 5.32 Å². The van der Waals surface area contributed by atoms with Gasteiger partial charge >= 0.3 is 0 Å². The zero-order valence-electron chi connectivity index (χ0n) is 9.11. The molecular formula is C12H16N2OS. The van der Waals surface area contributed by atoms with E-state index in [9.17, 15) is 4.79 Å². The van der Waals surface area contributed by atoms with Crippen LogP contribution in [0.2, 0.25) is 0 Å². The summed E-state index contributed by atoms with van der Waals surface area (Å²) < 4.78 is 0. The molecule has 3 N–H and O–H groups in total. The predicted octanol–water partition coefficient (Wildman–Crippen LogP) is 1.38. The lowest BCUT2D eigenvalue weighted by Gasteiger charge is -2.21. The first-order valence-electron chi connectivity index (χ1n) is 5.88. The Morgan fingerprint density at radius 2 is 2.38 bits per heavy atom. The van der Waals surface area contributed by atoms with E-state index in [4.69, 9.17) is 5.73 Å². The number of carbonyl (C=O) groups is 1. The molecule has 0 radical (unpaired) electrons. The van der Waals surface area contributed by atoms with Gasteiger partial charge < -0.3 is 11.1 Å². The molecule has 1 saturated carbocycles. The van der Waals surface area contributed by atoms with Gasteiger partial charge in [0.15, 0.2) is 0 Å². The average molecular weight is 236 g/mol. The van der Waals surface area contributed by atoms with Crippen LogP contribution >= 0.6 is 11.3 Å². The highest BCUT2D eigenvalue weighted by atomic mass is 32.1. The van der Waals surface area contributed by atoms with Crippen LogP contribution in [0.1, 0.15) is 35.6 Å². The lowest BCUT2D eigenvalue weighted by atomic mass is 9.87. The van der Waals surface area contributed by atoms with E-state index in [0.717, 1.165) is 25.7 Å². The minimum Gasteiger partial charge on any atom is -0.351 e. The molecule has 0 aromatic carbocycles. The lowest BCUT2D eigenvalue weighted by molar-refractivity contribution is -0.123. The fourth-order valence-corrected chi connectivity index (χ4v) is 3.41. The third-order valence-electron chi connectivity index (χ3n) is 3.54. The Morgan fingerprint density at radius 3 is 3.12 bits per heavy atom. The number of nitrogens with two attached hydrogens (primary N) is 1. The number of fused-ring (bicyclic) bond motifs is 1. The summed E-state index contributed by atoms with van der Waals surface area (Å²) in [6.07, 6.45) is 4.19. The first-order valence-corrected chi connectivity index (χ1v) is 6.76. The van der Waals surface area contributed by atoms with Gasteiger partial charge in [0, 0.05) is 17.0 Å². The number of amides is 1. The SMILES string of the molecule is NC1CC1NC(=O)C1CCCc2sccc21. The Balaban J connectivity index is 1.73. The maximum absolute atomic E-state index is 12.1. The fraction of sp³-hybridized carbons (Fsp3) is 0.583. The summed E-state index contributed by atoms with van der Waals surface area (Å²) in [4.78, 5) is 13.5. The van der Waals surface area contributed by atoms with Gasteiger partial charge in [-0.3, -0.25) is 4.79 Å². The van der Waals surface area contributed by atoms with Crippen molar-refractivity contribution in [3.8, 4) is 0 Å². The summed E-state index contributed by atoms with van der Waals surface area (Å²) in [5.41, 5.74) is 6.96. The number of carbonyl (C=O) groups excluding carboxylic acids is 1. The largest absolute Gasteiger partial charge is 0.351 e. The van der Waals surface area contributed by atoms with Gasteiger partial charge in [-0.2, -0.15) is 0 Å². The van der Waals surface area contributed by atoms with E-state index in [2.05, 4.69) is 16.8 Å². The highest BCUT2D eigenvalue weighted by molar-refractivity contribution is 7.10. The summed E-state index contributed by atoms with van der Waals surface area (Å²) in [6.45, 7) is 0. The minimum absolute atomic E-state index is 0.0720. The number of thiophene rings is 1. The van der Waals surface area contributed by atoms with Crippen molar-refractivity contribution >= 4 is 17.2 Å². The maximum atomic E-state index is 12.1. The number of hydrogen-bond donors (Lipinski definition) is 2. The van der Waals surface area contributed by atoms with E-state index in [-0.39, 0.29) is 23.9 Å². The molecule has 2 aliphatic carbocycles. The van der Waals surface area contributed by atoms with Crippen LogP contribution in [-0.2, 0) is 11.2 Å². The van der Waals surface area contributed by atoms with Crippen molar-refractivity contribution in [2.45, 2.75) is 43.7 Å². The number of aryl methyl sites for hydroxylation is 1. The molecule has 86 valence electrons. The van der Waals surface area contributed by atoms with Crippen molar-refractivity contribution in [3.05, 3.63) is 21.9 Å². The van der Waals surface area contributed by atoms with E-state index in [1.54, 1.807) is 11.3 Å². The zero-order chi connectivity index (χ0) is 11.1. The van der Waals surface area contributed by atoms with Crippen molar-refractivity contribution in [2.75, 3.05) is 0 Å². The van der Waals surface area contributed by atoms with Crippen LogP contribution in [0.25, 0.3) is 0 Å². The molecule has 16 heavy (non-hydrogen) atoms. The van der Waals surface area contributed by atoms with Crippen molar-refractivity contribution in [1.29, 1.82) is 0 Å². The van der Waals surface area contributed by atoms with Crippen LogP contribution in [0.5, 0.6) is 0 Å². The summed E-state index contributed by atoms with van der Waals surface area (Å²) in [5, 5.41) is 5.14. The van der Waals surface area contributed by atoms with E-state index in [1.165, 1.54) is 10.4 Å². The molecule has 1 aromatic heterocycles. The molecule has 4 heteroatoms. The molecule has 3 atom stereocenters. The molecular weight excluding hydrogens is 220 g/mol. The van der Waals surface area contributed by atoms with E-state index in [1.807, 2.05) is 0 Å². The molecule has 1 aromatic rings. The Kier molecular flexibility index (Phi) is 2.48. The van der Waals surface area contributed by atoms with Crippen LogP contribution in [0.15, 0.2) is 11.4 Å². The zero-order valence-corrected chi connectivity index (χ0v) is 9.93. The first-order chi connectivity index (χ1) is 7.75. The maximum Gasteiger partial charge on any atom is 0.227 e. The molecule has 3 rings (SSSR count). The smallest absolute Gasteiger partial charge is 0.227 e. The van der Waals surface area contributed by atoms with Gasteiger partial charge in [-0.15, -0.1) is 11.3 Å². The quantitative estimate of drug-likeness (QED) is 0.815. The topological polar surface area (TPSA) is 55.1 Å². The van der Waals surface area contributed by atoms with Crippen molar-refractivity contribution < 1.29 is 4.79 Å². The highest BCUT2D eigenvalue weighted by Gasteiger charge is 2.37. The Bertz CT molecular complexity index is 415. The summed E-state index contributed by atoms with van der Waals surface area (Å²) in [7, 11) is 0. The summed E-state index contributed by atoms with van der Waals surface area (Å²) in [6, 6.07) is 2.53. The lowest BCUT2D eigenvalue weighted by Crippen LogP contribution is -2.34. The van der Waals surface area contributed by atoms with Crippen molar-refractivity contribution in [3.63, 3.8) is 0 Å². The van der Waals surface area contributed by atoms with E-state index in [0.29, 0.717) is 0 Å². The Hall–Kier alpha value is -0.870. The molecule has 3 unspecified atom stereocenters. The molecule has 0 saturated heterocycles. The number of hydrogen-bond acceptors (Lipinski definition) is 3. The van der Waals surface area contributed by atoms with Crippen LogP contribution in [-0.4, -0.2) is 18.0 Å². The van der Waals surface area contributed by atoms with Crippen LogP contribution < -0.4 is 11.1 Å². The molecule has 1 heterocycles. The molecule has 1 fully saturated rings. The van der Waals surface area contributed by atoms with E-state index < -0.39 is 0 Å². The Labute approximate surface area is 99.0 Å². The number of nitrogens with one attached hydrogen (secondary N) is 1. The molecule has 0 spiro atoms. The Morgan fingerprint density at radius 1 is 1.56 bits per heavy atom. The fourth-order valence-electron chi connectivity index (χ4n) is 2.42. The second-order valence-corrected chi connectivity index (χ2v) is 5.76. The summed E-state index contributed by atoms with van der Waals surface area (Å²) >= 11 is 1.78. The third kappa shape index (κ3) is 1.76. The van der Waals surface area contributed by atoms with Gasteiger partial charge in [-0.25, -0.2) is 0 Å². The number of rotatable bonds is 2. The van der Waals surface area contributed by atoms with Gasteiger partial charge in [-0.1, -0.05) is 0 Å². The van der Waals surface area contributed by atoms with Gasteiger partial charge in [0.25, 0.3) is 0 Å². The van der Waals surface area contributed by atoms with Gasteiger partial charge in [0.2, 0.25) is 5.91 Å². The normalized spacial score (nSPS) is 31.9. The second-order valence-electron chi connectivity index (χ2n) is 4.76. The molecule has 1 amide bonds. The minimum atomic E-state index is 0.0720. The van der Waals surface area contributed by atoms with Crippen LogP contribution in [0, 0.1) is 0 Å². The molecule has 3 nitrogen and oxygen atoms in total. The van der Waals surface area contributed by atoms with E-state index >= 15 is 0 Å². The first kappa shape index (κ1) is 10.3. The molecule has 0 aliphatic heterocycles. The monoisotopic (exact) mass is 236 g/mol. The predicted molar refractivity (Wildman–Crippen MR) is 64.5 cm³/mol.